The summed E-state index contributed by atoms with van der Waals surface area (Å²) in [6.07, 6.45) is -0.611. The Balaban J connectivity index is 1.75. The minimum Gasteiger partial charge on any atom is -0.491 e. The molecule has 6 nitrogen and oxygen atoms in total. The van der Waals surface area contributed by atoms with Crippen molar-refractivity contribution in [2.24, 2.45) is 0 Å². The van der Waals surface area contributed by atoms with Crippen LogP contribution in [0, 0.1) is 0 Å². The Morgan fingerprint density at radius 1 is 1.22 bits per heavy atom. The molecule has 1 N–H and O–H groups in total. The van der Waals surface area contributed by atoms with Gasteiger partial charge in [0.2, 0.25) is 5.91 Å². The quantitative estimate of drug-likeness (QED) is 0.785. The molecule has 1 fully saturated rings. The average molecular weight is 320 g/mol. The predicted molar refractivity (Wildman–Crippen MR) is 86.6 cm³/mol. The summed E-state index contributed by atoms with van der Waals surface area (Å²) in [6.45, 7) is 6.69. The number of Topliss-reactive ketones (excluding diaryl/α,β-unsaturated/α-hetero) is 1. The van der Waals surface area contributed by atoms with Crippen LogP contribution in [0.3, 0.4) is 0 Å². The SMILES string of the molecule is CC(=O)c1cccc(OC[C@@H](O)CN2CCN(C(C)=O)CC2)c1. The van der Waals surface area contributed by atoms with Gasteiger partial charge >= 0.3 is 0 Å². The van der Waals surface area contributed by atoms with Crippen molar-refractivity contribution in [3.63, 3.8) is 0 Å². The van der Waals surface area contributed by atoms with E-state index in [1.54, 1.807) is 31.2 Å². The van der Waals surface area contributed by atoms with Crippen LogP contribution in [0.2, 0.25) is 0 Å². The summed E-state index contributed by atoms with van der Waals surface area (Å²) in [5.41, 5.74) is 0.595. The molecule has 0 radical (unpaired) electrons. The zero-order valence-electron chi connectivity index (χ0n) is 13.7. The third-order valence-corrected chi connectivity index (χ3v) is 3.97. The molecule has 126 valence electrons. The zero-order valence-corrected chi connectivity index (χ0v) is 13.7. The van der Waals surface area contributed by atoms with Crippen LogP contribution >= 0.6 is 0 Å². The maximum absolute atomic E-state index is 11.3. The predicted octanol–water partition coefficient (Wildman–Crippen LogP) is 0.793. The monoisotopic (exact) mass is 320 g/mol. The molecule has 1 saturated heterocycles. The van der Waals surface area contributed by atoms with E-state index in [9.17, 15) is 14.7 Å². The number of ether oxygens (including phenoxy) is 1. The molecule has 23 heavy (non-hydrogen) atoms. The topological polar surface area (TPSA) is 70.1 Å². The third kappa shape index (κ3) is 5.33. The molecule has 1 heterocycles. The van der Waals surface area contributed by atoms with Crippen molar-refractivity contribution in [2.45, 2.75) is 20.0 Å². The third-order valence-electron chi connectivity index (χ3n) is 3.97. The van der Waals surface area contributed by atoms with Gasteiger partial charge in [0.05, 0.1) is 0 Å². The van der Waals surface area contributed by atoms with Gasteiger partial charge in [-0.3, -0.25) is 14.5 Å². The highest BCUT2D eigenvalue weighted by atomic mass is 16.5. The molecule has 1 aromatic rings. The molecule has 0 unspecified atom stereocenters. The zero-order chi connectivity index (χ0) is 16.8. The second-order valence-corrected chi connectivity index (χ2v) is 5.86. The van der Waals surface area contributed by atoms with Gasteiger partial charge in [0.15, 0.2) is 5.78 Å². The van der Waals surface area contributed by atoms with Gasteiger partial charge in [-0.25, -0.2) is 0 Å². The van der Waals surface area contributed by atoms with Crippen LogP contribution in [0.4, 0.5) is 0 Å². The number of nitrogens with zero attached hydrogens (tertiary/aromatic N) is 2. The largest absolute Gasteiger partial charge is 0.491 e. The van der Waals surface area contributed by atoms with E-state index in [4.69, 9.17) is 4.74 Å². The van der Waals surface area contributed by atoms with Gasteiger partial charge in [-0.2, -0.15) is 0 Å². The minimum absolute atomic E-state index is 0.0145. The number of amides is 1. The van der Waals surface area contributed by atoms with E-state index in [-0.39, 0.29) is 18.3 Å². The molecule has 1 amide bonds. The number of carbonyl (C=O) groups is 2. The summed E-state index contributed by atoms with van der Waals surface area (Å²) < 4.78 is 5.57. The number of β-amino-alcohol motifs (C(OH)–C–C–N with tert-alkyl or cyclic N) is 1. The van der Waals surface area contributed by atoms with Crippen molar-refractivity contribution >= 4 is 11.7 Å². The van der Waals surface area contributed by atoms with E-state index in [1.807, 2.05) is 4.90 Å². The number of ketones is 1. The van der Waals surface area contributed by atoms with Gasteiger partial charge < -0.3 is 14.7 Å². The molecule has 1 aliphatic heterocycles. The van der Waals surface area contributed by atoms with Crippen LogP contribution in [0.25, 0.3) is 0 Å². The van der Waals surface area contributed by atoms with Crippen LogP contribution in [0.5, 0.6) is 5.75 Å². The van der Waals surface area contributed by atoms with Crippen LogP contribution in [-0.4, -0.2) is 72.0 Å². The Labute approximate surface area is 136 Å². The highest BCUT2D eigenvalue weighted by Gasteiger charge is 2.20. The van der Waals surface area contributed by atoms with E-state index in [1.165, 1.54) is 6.92 Å². The van der Waals surface area contributed by atoms with Crippen molar-refractivity contribution < 1.29 is 19.4 Å². The van der Waals surface area contributed by atoms with E-state index >= 15 is 0 Å². The van der Waals surface area contributed by atoms with Crippen LogP contribution in [0.15, 0.2) is 24.3 Å². The fourth-order valence-corrected chi connectivity index (χ4v) is 2.59. The van der Waals surface area contributed by atoms with Crippen LogP contribution in [-0.2, 0) is 4.79 Å². The standard InChI is InChI=1S/C17H24N2O4/c1-13(20)15-4-3-5-17(10-15)23-12-16(22)11-18-6-8-19(9-7-18)14(2)21/h3-5,10,16,22H,6-9,11-12H2,1-2H3/t16-/m0/s1. The van der Waals surface area contributed by atoms with Gasteiger partial charge in [0.1, 0.15) is 18.5 Å². The first-order valence-electron chi connectivity index (χ1n) is 7.85. The molecular weight excluding hydrogens is 296 g/mol. The number of aliphatic hydroxyl groups excluding tert-OH is 1. The molecular formula is C17H24N2O4. The molecule has 0 saturated carbocycles. The average Bonchev–Trinajstić information content (AvgIpc) is 2.53. The molecule has 0 bridgehead atoms. The molecule has 6 heteroatoms. The number of carbonyl (C=O) groups excluding carboxylic acids is 2. The maximum atomic E-state index is 11.3. The highest BCUT2D eigenvalue weighted by Crippen LogP contribution is 2.14. The van der Waals surface area contributed by atoms with E-state index in [2.05, 4.69) is 4.90 Å². The molecule has 1 atom stereocenters. The van der Waals surface area contributed by atoms with Gasteiger partial charge in [0, 0.05) is 45.2 Å². The van der Waals surface area contributed by atoms with Crippen molar-refractivity contribution in [2.75, 3.05) is 39.3 Å². The van der Waals surface area contributed by atoms with Crippen molar-refractivity contribution in [3.05, 3.63) is 29.8 Å². The Morgan fingerprint density at radius 2 is 1.91 bits per heavy atom. The lowest BCUT2D eigenvalue weighted by Gasteiger charge is -2.35. The second-order valence-electron chi connectivity index (χ2n) is 5.86. The summed E-state index contributed by atoms with van der Waals surface area (Å²) in [6, 6.07) is 6.95. The molecule has 0 aliphatic carbocycles. The normalized spacial score (nSPS) is 16.9. The van der Waals surface area contributed by atoms with Crippen molar-refractivity contribution in [1.29, 1.82) is 0 Å². The lowest BCUT2D eigenvalue weighted by molar-refractivity contribution is -0.130. The first-order valence-corrected chi connectivity index (χ1v) is 7.85. The fourth-order valence-electron chi connectivity index (χ4n) is 2.59. The Kier molecular flexibility index (Phi) is 6.12. The summed E-state index contributed by atoms with van der Waals surface area (Å²) in [7, 11) is 0. The first-order chi connectivity index (χ1) is 11.0. The van der Waals surface area contributed by atoms with Gasteiger partial charge in [-0.05, 0) is 19.1 Å². The van der Waals surface area contributed by atoms with Gasteiger partial charge in [-0.1, -0.05) is 12.1 Å². The Morgan fingerprint density at radius 3 is 2.52 bits per heavy atom. The lowest BCUT2D eigenvalue weighted by atomic mass is 10.1. The van der Waals surface area contributed by atoms with E-state index < -0.39 is 6.10 Å². The lowest BCUT2D eigenvalue weighted by Crippen LogP contribution is -2.50. The number of hydrogen-bond acceptors (Lipinski definition) is 5. The maximum Gasteiger partial charge on any atom is 0.219 e. The summed E-state index contributed by atoms with van der Waals surface area (Å²) in [4.78, 5) is 26.5. The number of rotatable bonds is 6. The molecule has 1 aliphatic rings. The van der Waals surface area contributed by atoms with Crippen LogP contribution in [0.1, 0.15) is 24.2 Å². The first kappa shape index (κ1) is 17.4. The summed E-state index contributed by atoms with van der Waals surface area (Å²) in [5, 5.41) is 10.1. The number of hydrogen-bond donors (Lipinski definition) is 1. The van der Waals surface area contributed by atoms with E-state index in [0.29, 0.717) is 30.9 Å². The minimum atomic E-state index is -0.611. The van der Waals surface area contributed by atoms with E-state index in [0.717, 1.165) is 13.1 Å². The van der Waals surface area contributed by atoms with Crippen molar-refractivity contribution in [3.8, 4) is 5.75 Å². The van der Waals surface area contributed by atoms with Crippen molar-refractivity contribution in [1.82, 2.24) is 9.80 Å². The molecule has 1 aromatic carbocycles. The molecule has 2 rings (SSSR count). The number of piperazine rings is 1. The fraction of sp³-hybridized carbons (Fsp3) is 0.529. The summed E-state index contributed by atoms with van der Waals surface area (Å²) in [5.74, 6) is 0.663. The van der Waals surface area contributed by atoms with Gasteiger partial charge in [-0.15, -0.1) is 0 Å². The number of benzene rings is 1. The van der Waals surface area contributed by atoms with Gasteiger partial charge in [0.25, 0.3) is 0 Å². The Bertz CT molecular complexity index is 553. The highest BCUT2D eigenvalue weighted by molar-refractivity contribution is 5.94. The number of aliphatic hydroxyl groups is 1. The summed E-state index contributed by atoms with van der Waals surface area (Å²) >= 11 is 0. The Hall–Kier alpha value is -1.92. The molecule has 0 aromatic heterocycles. The molecule has 0 spiro atoms. The van der Waals surface area contributed by atoms with Crippen LogP contribution < -0.4 is 4.74 Å². The smallest absolute Gasteiger partial charge is 0.219 e. The second kappa shape index (κ2) is 8.08.